The lowest BCUT2D eigenvalue weighted by molar-refractivity contribution is 0.0316. The minimum atomic E-state index is -0.421. The molecule has 0 atom stereocenters. The number of piperidine rings is 1. The lowest BCUT2D eigenvalue weighted by Gasteiger charge is -2.31. The van der Waals surface area contributed by atoms with Crippen molar-refractivity contribution in [2.75, 3.05) is 24.5 Å². The monoisotopic (exact) mass is 264 g/mol. The normalized spacial score (nSPS) is 21.7. The molecule has 1 aromatic rings. The number of phenolic OH excluding ortho intramolecular Hbond substituents is 2. The minimum Gasteiger partial charge on any atom is -0.504 e. The number of nitrogens with zero attached hydrogens (tertiary/aromatic N) is 1. The fraction of sp³-hybridized carbons (Fsp3) is 0.462. The molecule has 1 amide bonds. The Labute approximate surface area is 110 Å². The van der Waals surface area contributed by atoms with E-state index >= 15 is 0 Å². The van der Waals surface area contributed by atoms with Gasteiger partial charge in [-0.1, -0.05) is 0 Å². The molecule has 19 heavy (non-hydrogen) atoms. The maximum Gasteiger partial charge on any atom is 0.415 e. The van der Waals surface area contributed by atoms with Crippen LogP contribution in [0.4, 0.5) is 10.5 Å². The number of carbonyl (C=O) groups is 1. The predicted molar refractivity (Wildman–Crippen MR) is 68.4 cm³/mol. The summed E-state index contributed by atoms with van der Waals surface area (Å²) in [4.78, 5) is 13.5. The summed E-state index contributed by atoms with van der Waals surface area (Å²) >= 11 is 0. The number of ether oxygens (including phenoxy) is 1. The molecule has 2 heterocycles. The van der Waals surface area contributed by atoms with Crippen LogP contribution in [0.5, 0.6) is 11.5 Å². The van der Waals surface area contributed by atoms with Crippen LogP contribution in [-0.4, -0.2) is 41.5 Å². The van der Waals surface area contributed by atoms with Crippen LogP contribution in [0.3, 0.4) is 0 Å². The quantitative estimate of drug-likeness (QED) is 0.663. The van der Waals surface area contributed by atoms with E-state index in [1.54, 1.807) is 6.07 Å². The molecule has 2 fully saturated rings. The van der Waals surface area contributed by atoms with Crippen LogP contribution in [0.1, 0.15) is 12.8 Å². The van der Waals surface area contributed by atoms with Gasteiger partial charge in [0.25, 0.3) is 0 Å². The Bertz CT molecular complexity index is 511. The van der Waals surface area contributed by atoms with Gasteiger partial charge in [-0.05, 0) is 25.2 Å². The van der Waals surface area contributed by atoms with E-state index in [1.807, 2.05) is 0 Å². The van der Waals surface area contributed by atoms with Crippen molar-refractivity contribution < 1.29 is 19.7 Å². The number of amides is 1. The van der Waals surface area contributed by atoms with Gasteiger partial charge in [0.1, 0.15) is 5.60 Å². The third-order valence-corrected chi connectivity index (χ3v) is 3.76. The highest BCUT2D eigenvalue weighted by Crippen LogP contribution is 2.36. The Morgan fingerprint density at radius 3 is 2.63 bits per heavy atom. The van der Waals surface area contributed by atoms with Gasteiger partial charge in [0, 0.05) is 18.9 Å². The van der Waals surface area contributed by atoms with Crippen molar-refractivity contribution in [3.63, 3.8) is 0 Å². The molecule has 0 aromatic heterocycles. The second-order valence-electron chi connectivity index (χ2n) is 5.06. The van der Waals surface area contributed by atoms with Crippen molar-refractivity contribution in [1.29, 1.82) is 0 Å². The van der Waals surface area contributed by atoms with Crippen LogP contribution in [0.15, 0.2) is 18.2 Å². The summed E-state index contributed by atoms with van der Waals surface area (Å²) in [5.41, 5.74) is 0.117. The Balaban J connectivity index is 1.85. The van der Waals surface area contributed by atoms with E-state index < -0.39 is 11.7 Å². The first-order valence-corrected chi connectivity index (χ1v) is 6.33. The fourth-order valence-electron chi connectivity index (χ4n) is 2.64. The lowest BCUT2D eigenvalue weighted by Crippen LogP contribution is -2.44. The highest BCUT2D eigenvalue weighted by Gasteiger charge is 2.46. The third kappa shape index (κ3) is 2.08. The zero-order valence-corrected chi connectivity index (χ0v) is 10.4. The third-order valence-electron chi connectivity index (χ3n) is 3.76. The highest BCUT2D eigenvalue weighted by atomic mass is 16.6. The standard InChI is InChI=1S/C13H16N2O4/c16-10-2-1-9(7-11(10)17)15-8-13(19-12(15)18)3-5-14-6-4-13/h1-2,7,14,16-17H,3-6,8H2. The summed E-state index contributed by atoms with van der Waals surface area (Å²) in [6, 6.07) is 4.33. The first-order chi connectivity index (χ1) is 9.10. The summed E-state index contributed by atoms with van der Waals surface area (Å²) in [6.45, 7) is 2.15. The van der Waals surface area contributed by atoms with E-state index in [0.717, 1.165) is 25.9 Å². The molecular weight excluding hydrogens is 248 g/mol. The van der Waals surface area contributed by atoms with Gasteiger partial charge in [-0.2, -0.15) is 0 Å². The number of hydrogen-bond donors (Lipinski definition) is 3. The summed E-state index contributed by atoms with van der Waals surface area (Å²) in [5, 5.41) is 22.1. The van der Waals surface area contributed by atoms with E-state index in [2.05, 4.69) is 5.32 Å². The Kier molecular flexibility index (Phi) is 2.74. The van der Waals surface area contributed by atoms with Gasteiger partial charge in [-0.3, -0.25) is 4.90 Å². The van der Waals surface area contributed by atoms with E-state index in [-0.39, 0.29) is 11.5 Å². The van der Waals surface area contributed by atoms with E-state index in [9.17, 15) is 15.0 Å². The number of anilines is 1. The van der Waals surface area contributed by atoms with Gasteiger partial charge >= 0.3 is 6.09 Å². The number of rotatable bonds is 1. The van der Waals surface area contributed by atoms with Crippen LogP contribution in [0, 0.1) is 0 Å². The number of benzene rings is 1. The summed E-state index contributed by atoms with van der Waals surface area (Å²) in [6.07, 6.45) is 1.19. The van der Waals surface area contributed by atoms with Gasteiger partial charge in [-0.25, -0.2) is 4.79 Å². The van der Waals surface area contributed by atoms with Gasteiger partial charge in [0.2, 0.25) is 0 Å². The molecule has 1 spiro atoms. The second-order valence-corrected chi connectivity index (χ2v) is 5.06. The highest BCUT2D eigenvalue weighted by molar-refractivity contribution is 5.90. The number of nitrogens with one attached hydrogen (secondary N) is 1. The number of hydrogen-bond acceptors (Lipinski definition) is 5. The maximum absolute atomic E-state index is 12.0. The Morgan fingerprint density at radius 2 is 1.95 bits per heavy atom. The van der Waals surface area contributed by atoms with Gasteiger partial charge < -0.3 is 20.3 Å². The summed E-state index contributed by atoms with van der Waals surface area (Å²) in [7, 11) is 0. The first kappa shape index (κ1) is 12.1. The van der Waals surface area contributed by atoms with Crippen LogP contribution in [0.2, 0.25) is 0 Å². The first-order valence-electron chi connectivity index (χ1n) is 6.33. The number of phenols is 2. The molecule has 0 unspecified atom stereocenters. The minimum absolute atomic E-state index is 0.201. The molecule has 3 rings (SSSR count). The summed E-state index contributed by atoms with van der Waals surface area (Å²) < 4.78 is 5.53. The fourth-order valence-corrected chi connectivity index (χ4v) is 2.64. The van der Waals surface area contributed by atoms with Crippen LogP contribution < -0.4 is 10.2 Å². The Morgan fingerprint density at radius 1 is 1.21 bits per heavy atom. The lowest BCUT2D eigenvalue weighted by atomic mass is 9.92. The largest absolute Gasteiger partial charge is 0.504 e. The predicted octanol–water partition coefficient (Wildman–Crippen LogP) is 1.18. The molecule has 0 bridgehead atoms. The molecule has 2 aliphatic heterocycles. The molecule has 1 aromatic carbocycles. The molecule has 0 saturated carbocycles. The molecule has 0 radical (unpaired) electrons. The molecule has 3 N–H and O–H groups in total. The molecule has 6 heteroatoms. The van der Waals surface area contributed by atoms with Gasteiger partial charge in [0.05, 0.1) is 12.2 Å². The SMILES string of the molecule is O=C1OC2(CCNCC2)CN1c1ccc(O)c(O)c1. The van der Waals surface area contributed by atoms with Crippen molar-refractivity contribution in [2.24, 2.45) is 0 Å². The summed E-state index contributed by atoms with van der Waals surface area (Å²) in [5.74, 6) is -0.440. The van der Waals surface area contributed by atoms with Crippen LogP contribution in [-0.2, 0) is 4.74 Å². The van der Waals surface area contributed by atoms with E-state index in [0.29, 0.717) is 12.2 Å². The molecule has 2 aliphatic rings. The van der Waals surface area contributed by atoms with Crippen molar-refractivity contribution in [1.82, 2.24) is 5.32 Å². The number of aromatic hydroxyl groups is 2. The van der Waals surface area contributed by atoms with Crippen molar-refractivity contribution in [2.45, 2.75) is 18.4 Å². The molecule has 0 aliphatic carbocycles. The zero-order chi connectivity index (χ0) is 13.5. The van der Waals surface area contributed by atoms with Gasteiger partial charge in [-0.15, -0.1) is 0 Å². The van der Waals surface area contributed by atoms with Crippen molar-refractivity contribution in [3.8, 4) is 11.5 Å². The smallest absolute Gasteiger partial charge is 0.415 e. The molecular formula is C13H16N2O4. The maximum atomic E-state index is 12.0. The topological polar surface area (TPSA) is 82.0 Å². The van der Waals surface area contributed by atoms with Crippen molar-refractivity contribution >= 4 is 11.8 Å². The number of carbonyl (C=O) groups excluding carboxylic acids is 1. The van der Waals surface area contributed by atoms with E-state index in [4.69, 9.17) is 4.74 Å². The van der Waals surface area contributed by atoms with Crippen LogP contribution >= 0.6 is 0 Å². The van der Waals surface area contributed by atoms with Crippen molar-refractivity contribution in [3.05, 3.63) is 18.2 Å². The zero-order valence-electron chi connectivity index (χ0n) is 10.4. The molecule has 102 valence electrons. The Hall–Kier alpha value is -1.95. The average Bonchev–Trinajstić information content (AvgIpc) is 2.70. The molecule has 2 saturated heterocycles. The average molecular weight is 264 g/mol. The molecule has 6 nitrogen and oxygen atoms in total. The van der Waals surface area contributed by atoms with Gasteiger partial charge in [0.15, 0.2) is 11.5 Å². The van der Waals surface area contributed by atoms with E-state index in [1.165, 1.54) is 17.0 Å². The second kappa shape index (κ2) is 4.31. The van der Waals surface area contributed by atoms with Crippen LogP contribution in [0.25, 0.3) is 0 Å².